The van der Waals surface area contributed by atoms with Gasteiger partial charge in [0.1, 0.15) is 11.9 Å². The SMILES string of the molecule is CN(C)c1nc(N[C@H]2CC[C@@H](NC(=O)CC3OC(=O)c4ccccc43)CC2)nc2ccccc12. The van der Waals surface area contributed by atoms with Crippen molar-refractivity contribution >= 4 is 34.5 Å². The van der Waals surface area contributed by atoms with Crippen molar-refractivity contribution in [3.63, 3.8) is 0 Å². The molecule has 34 heavy (non-hydrogen) atoms. The van der Waals surface area contributed by atoms with E-state index in [4.69, 9.17) is 14.7 Å². The summed E-state index contributed by atoms with van der Waals surface area (Å²) in [5, 5.41) is 7.65. The first kappa shape index (κ1) is 22.1. The quantitative estimate of drug-likeness (QED) is 0.541. The first-order valence-corrected chi connectivity index (χ1v) is 11.8. The Bertz CT molecular complexity index is 1220. The van der Waals surface area contributed by atoms with E-state index in [0.29, 0.717) is 11.5 Å². The maximum absolute atomic E-state index is 12.6. The molecule has 0 radical (unpaired) electrons. The molecule has 2 aliphatic rings. The summed E-state index contributed by atoms with van der Waals surface area (Å²) >= 11 is 0. The van der Waals surface area contributed by atoms with Gasteiger partial charge >= 0.3 is 5.97 Å². The van der Waals surface area contributed by atoms with Gasteiger partial charge in [0.05, 0.1) is 17.5 Å². The van der Waals surface area contributed by atoms with Crippen LogP contribution in [0.5, 0.6) is 0 Å². The minimum absolute atomic E-state index is 0.0839. The number of hydrogen-bond donors (Lipinski definition) is 2. The second kappa shape index (κ2) is 9.29. The third-order valence-electron chi connectivity index (χ3n) is 6.58. The van der Waals surface area contributed by atoms with Gasteiger partial charge in [0.2, 0.25) is 11.9 Å². The van der Waals surface area contributed by atoms with Crippen molar-refractivity contribution < 1.29 is 14.3 Å². The minimum atomic E-state index is -0.502. The number of fused-ring (bicyclic) bond motifs is 2. The van der Waals surface area contributed by atoms with E-state index in [1.54, 1.807) is 12.1 Å². The lowest BCUT2D eigenvalue weighted by Gasteiger charge is -2.30. The van der Waals surface area contributed by atoms with Crippen molar-refractivity contribution in [2.45, 2.75) is 50.3 Å². The Balaban J connectivity index is 1.15. The molecule has 2 aromatic carbocycles. The van der Waals surface area contributed by atoms with Gasteiger partial charge in [-0.15, -0.1) is 0 Å². The van der Waals surface area contributed by atoms with Crippen LogP contribution in [0.1, 0.15) is 54.1 Å². The van der Waals surface area contributed by atoms with E-state index in [0.717, 1.165) is 48.0 Å². The van der Waals surface area contributed by atoms with Gasteiger partial charge in [0.25, 0.3) is 0 Å². The van der Waals surface area contributed by atoms with Crippen molar-refractivity contribution in [2.24, 2.45) is 0 Å². The second-order valence-corrected chi connectivity index (χ2v) is 9.23. The fourth-order valence-corrected chi connectivity index (χ4v) is 4.86. The molecule has 1 aliphatic carbocycles. The number of nitrogens with zero attached hydrogens (tertiary/aromatic N) is 3. The van der Waals surface area contributed by atoms with Gasteiger partial charge in [0, 0.05) is 37.1 Å². The van der Waals surface area contributed by atoms with Crippen LogP contribution in [-0.2, 0) is 9.53 Å². The molecule has 0 spiro atoms. The summed E-state index contributed by atoms with van der Waals surface area (Å²) in [4.78, 5) is 36.1. The topological polar surface area (TPSA) is 96.5 Å². The molecule has 1 aliphatic heterocycles. The molecule has 2 N–H and O–H groups in total. The summed E-state index contributed by atoms with van der Waals surface area (Å²) in [6.07, 6.45) is 3.23. The average molecular weight is 460 g/mol. The van der Waals surface area contributed by atoms with Crippen molar-refractivity contribution in [1.29, 1.82) is 0 Å². The van der Waals surface area contributed by atoms with Crippen LogP contribution in [0, 0.1) is 0 Å². The van der Waals surface area contributed by atoms with Gasteiger partial charge < -0.3 is 20.3 Å². The van der Waals surface area contributed by atoms with Gasteiger partial charge in [-0.2, -0.15) is 4.98 Å². The highest BCUT2D eigenvalue weighted by molar-refractivity contribution is 5.94. The molecule has 0 saturated heterocycles. The molecule has 1 unspecified atom stereocenters. The Labute approximate surface area is 198 Å². The number of carbonyl (C=O) groups excluding carboxylic acids is 2. The number of rotatable bonds is 6. The minimum Gasteiger partial charge on any atom is -0.453 e. The zero-order valence-electron chi connectivity index (χ0n) is 19.5. The number of para-hydroxylation sites is 1. The summed E-state index contributed by atoms with van der Waals surface area (Å²) in [5.74, 6) is 1.09. The normalized spacial score (nSPS) is 21.6. The summed E-state index contributed by atoms with van der Waals surface area (Å²) in [6.45, 7) is 0. The molecular formula is C26H29N5O3. The average Bonchev–Trinajstić information content (AvgIpc) is 3.15. The first-order valence-electron chi connectivity index (χ1n) is 11.8. The van der Waals surface area contributed by atoms with Crippen molar-refractivity contribution in [1.82, 2.24) is 15.3 Å². The lowest BCUT2D eigenvalue weighted by molar-refractivity contribution is -0.123. The van der Waals surface area contributed by atoms with Crippen molar-refractivity contribution in [3.8, 4) is 0 Å². The number of nitrogens with one attached hydrogen (secondary N) is 2. The summed E-state index contributed by atoms with van der Waals surface area (Å²) in [5.41, 5.74) is 2.27. The molecule has 1 fully saturated rings. The maximum Gasteiger partial charge on any atom is 0.339 e. The molecule has 1 atom stereocenters. The Kier molecular flexibility index (Phi) is 6.04. The molecule has 8 heteroatoms. The monoisotopic (exact) mass is 459 g/mol. The number of ether oxygens (including phenoxy) is 1. The van der Waals surface area contributed by atoms with E-state index < -0.39 is 6.10 Å². The molecule has 1 saturated carbocycles. The van der Waals surface area contributed by atoms with E-state index in [1.807, 2.05) is 55.4 Å². The molecule has 1 aromatic heterocycles. The number of esters is 1. The number of hydrogen-bond acceptors (Lipinski definition) is 7. The van der Waals surface area contributed by atoms with Crippen LogP contribution in [0.4, 0.5) is 11.8 Å². The van der Waals surface area contributed by atoms with Gasteiger partial charge in [-0.3, -0.25) is 4.79 Å². The zero-order valence-corrected chi connectivity index (χ0v) is 19.5. The van der Waals surface area contributed by atoms with Crippen molar-refractivity contribution in [2.75, 3.05) is 24.3 Å². The smallest absolute Gasteiger partial charge is 0.339 e. The zero-order chi connectivity index (χ0) is 23.7. The number of benzene rings is 2. The second-order valence-electron chi connectivity index (χ2n) is 9.23. The molecule has 8 nitrogen and oxygen atoms in total. The highest BCUT2D eigenvalue weighted by Crippen LogP contribution is 2.33. The Hall–Kier alpha value is -3.68. The van der Waals surface area contributed by atoms with Crippen LogP contribution in [0.25, 0.3) is 10.9 Å². The number of amides is 1. The molecular weight excluding hydrogens is 430 g/mol. The van der Waals surface area contributed by atoms with Gasteiger partial charge in [0.15, 0.2) is 0 Å². The van der Waals surface area contributed by atoms with Crippen LogP contribution in [0.3, 0.4) is 0 Å². The van der Waals surface area contributed by atoms with Crippen LogP contribution >= 0.6 is 0 Å². The lowest BCUT2D eigenvalue weighted by Crippen LogP contribution is -2.40. The van der Waals surface area contributed by atoms with E-state index in [9.17, 15) is 9.59 Å². The predicted molar refractivity (Wildman–Crippen MR) is 131 cm³/mol. The van der Waals surface area contributed by atoms with Crippen LogP contribution in [0.15, 0.2) is 48.5 Å². The van der Waals surface area contributed by atoms with E-state index >= 15 is 0 Å². The predicted octanol–water partition coefficient (Wildman–Crippen LogP) is 3.84. The fraction of sp³-hybridized carbons (Fsp3) is 0.385. The van der Waals surface area contributed by atoms with Gasteiger partial charge in [-0.1, -0.05) is 30.3 Å². The fourth-order valence-electron chi connectivity index (χ4n) is 4.86. The molecule has 176 valence electrons. The number of anilines is 2. The highest BCUT2D eigenvalue weighted by Gasteiger charge is 2.33. The third kappa shape index (κ3) is 4.53. The molecule has 1 amide bonds. The van der Waals surface area contributed by atoms with Crippen LogP contribution in [-0.4, -0.2) is 48.0 Å². The largest absolute Gasteiger partial charge is 0.453 e. The number of carbonyl (C=O) groups is 2. The van der Waals surface area contributed by atoms with Crippen molar-refractivity contribution in [3.05, 3.63) is 59.7 Å². The Morgan fingerprint density at radius 2 is 1.71 bits per heavy atom. The Morgan fingerprint density at radius 1 is 1.00 bits per heavy atom. The summed E-state index contributed by atoms with van der Waals surface area (Å²) in [6, 6.07) is 15.7. The summed E-state index contributed by atoms with van der Waals surface area (Å²) < 4.78 is 5.40. The number of aromatic nitrogens is 2. The molecule has 3 aromatic rings. The first-order chi connectivity index (χ1) is 16.5. The van der Waals surface area contributed by atoms with E-state index in [-0.39, 0.29) is 30.4 Å². The van der Waals surface area contributed by atoms with E-state index in [2.05, 4.69) is 10.6 Å². The third-order valence-corrected chi connectivity index (χ3v) is 6.58. The summed E-state index contributed by atoms with van der Waals surface area (Å²) in [7, 11) is 3.97. The van der Waals surface area contributed by atoms with Gasteiger partial charge in [-0.05, 0) is 43.9 Å². The number of cyclic esters (lactones) is 1. The highest BCUT2D eigenvalue weighted by atomic mass is 16.5. The molecule has 0 bridgehead atoms. The van der Waals surface area contributed by atoms with Gasteiger partial charge in [-0.25, -0.2) is 9.78 Å². The molecule has 5 rings (SSSR count). The van der Waals surface area contributed by atoms with Crippen LogP contribution < -0.4 is 15.5 Å². The lowest BCUT2D eigenvalue weighted by atomic mass is 9.91. The van der Waals surface area contributed by atoms with E-state index in [1.165, 1.54) is 0 Å². The standard InChI is InChI=1S/C26H29N5O3/c1-31(2)24-20-9-5-6-10-21(20)29-26(30-24)28-17-13-11-16(12-14-17)27-23(32)15-22-18-7-3-4-8-19(18)25(33)34-22/h3-10,16-17,22H,11-15H2,1-2H3,(H,27,32)(H,28,29,30)/t16-,17+,22?. The maximum atomic E-state index is 12.6. The molecule has 2 heterocycles. The van der Waals surface area contributed by atoms with Crippen LogP contribution in [0.2, 0.25) is 0 Å². The Morgan fingerprint density at radius 3 is 2.50 bits per heavy atom.